The first-order chi connectivity index (χ1) is 35.5. The number of nitrogens with one attached hydrogen (secondary N) is 1. The number of aliphatic hydroxyl groups excluding tert-OH is 2. The smallest absolute Gasteiger partial charge is 0.305 e. The van der Waals surface area contributed by atoms with Crippen LogP contribution in [0.25, 0.3) is 0 Å². The van der Waals surface area contributed by atoms with Crippen LogP contribution in [-0.4, -0.2) is 47.4 Å². The lowest BCUT2D eigenvalue weighted by Crippen LogP contribution is -2.45. The number of allylic oxidation sites excluding steroid dienone is 5. The van der Waals surface area contributed by atoms with E-state index in [1.807, 2.05) is 6.08 Å². The minimum absolute atomic E-state index is 0.0110. The highest BCUT2D eigenvalue weighted by atomic mass is 16.5. The number of rotatable bonds is 60. The number of carbonyl (C=O) groups is 2. The molecule has 0 saturated heterocycles. The molecule has 0 aliphatic heterocycles. The molecule has 1 amide bonds. The SMILES string of the molecule is CCCCCCCCCCCCCCCC/C=C/C(O)C(CO)NC(=O)CCCCCCCCCCCCC/C=C\C/C=C\CCCCCCCCCCCOC(=O)CCCCCCCCCCCCCC. The fraction of sp³-hybridized carbons (Fsp3) is 0.879. The summed E-state index contributed by atoms with van der Waals surface area (Å²) in [5, 5.41) is 23.1. The van der Waals surface area contributed by atoms with Gasteiger partial charge in [-0.3, -0.25) is 9.59 Å². The summed E-state index contributed by atoms with van der Waals surface area (Å²) in [5.41, 5.74) is 0. The van der Waals surface area contributed by atoms with Gasteiger partial charge in [-0.25, -0.2) is 0 Å². The Morgan fingerprint density at radius 1 is 0.389 bits per heavy atom. The van der Waals surface area contributed by atoms with Gasteiger partial charge in [-0.2, -0.15) is 0 Å². The van der Waals surface area contributed by atoms with Gasteiger partial charge >= 0.3 is 5.97 Å². The molecular formula is C66H125NO5. The summed E-state index contributed by atoms with van der Waals surface area (Å²) in [6.45, 7) is 4.92. The van der Waals surface area contributed by atoms with Crippen LogP contribution in [0.15, 0.2) is 36.5 Å². The molecule has 0 rings (SSSR count). The van der Waals surface area contributed by atoms with Crippen molar-refractivity contribution in [3.63, 3.8) is 0 Å². The topological polar surface area (TPSA) is 95.9 Å². The second-order valence-electron chi connectivity index (χ2n) is 22.1. The standard InChI is InChI=1S/C66H125NO5/c1-3-5-7-9-11-13-15-17-18-32-35-38-42-46-50-54-58-64(69)63(62-68)67-65(70)59-55-51-47-43-39-36-33-30-28-26-24-22-20-19-21-23-25-27-29-31-34-37-41-45-49-53-57-61-72-66(71)60-56-52-48-44-40-16-14-12-10-8-6-4-2/h19-20,23,25,54,58,63-64,68-69H,3-18,21-22,24,26-53,55-57,59-62H2,1-2H3,(H,67,70)/b20-19-,25-23-,58-54+. The third kappa shape index (κ3) is 57.4. The lowest BCUT2D eigenvalue weighted by Gasteiger charge is -2.20. The van der Waals surface area contributed by atoms with Gasteiger partial charge in [0.25, 0.3) is 0 Å². The molecular weight excluding hydrogens is 887 g/mol. The van der Waals surface area contributed by atoms with Crippen molar-refractivity contribution in [1.29, 1.82) is 0 Å². The van der Waals surface area contributed by atoms with Crippen LogP contribution in [0.3, 0.4) is 0 Å². The van der Waals surface area contributed by atoms with Crippen molar-refractivity contribution in [1.82, 2.24) is 5.32 Å². The van der Waals surface area contributed by atoms with E-state index in [2.05, 4.69) is 43.5 Å². The van der Waals surface area contributed by atoms with Gasteiger partial charge in [0.15, 0.2) is 0 Å². The first-order valence-corrected chi connectivity index (χ1v) is 32.3. The molecule has 0 spiro atoms. The monoisotopic (exact) mass is 1010 g/mol. The van der Waals surface area contributed by atoms with Crippen LogP contribution in [0.5, 0.6) is 0 Å². The van der Waals surface area contributed by atoms with Crippen molar-refractivity contribution in [2.24, 2.45) is 0 Å². The quantitative estimate of drug-likeness (QED) is 0.0320. The van der Waals surface area contributed by atoms with Gasteiger partial charge in [0.1, 0.15) is 0 Å². The Morgan fingerprint density at radius 2 is 0.694 bits per heavy atom. The summed E-state index contributed by atoms with van der Waals surface area (Å²) in [4.78, 5) is 24.5. The lowest BCUT2D eigenvalue weighted by molar-refractivity contribution is -0.143. The first kappa shape index (κ1) is 70.1. The average Bonchev–Trinajstić information content (AvgIpc) is 3.38. The van der Waals surface area contributed by atoms with Crippen molar-refractivity contribution < 1.29 is 24.5 Å². The second kappa shape index (κ2) is 61.6. The molecule has 0 fully saturated rings. The summed E-state index contributed by atoms with van der Waals surface area (Å²) in [6.07, 6.45) is 77.7. The Kier molecular flexibility index (Phi) is 60.0. The molecule has 3 N–H and O–H groups in total. The molecule has 6 heteroatoms. The van der Waals surface area contributed by atoms with Crippen molar-refractivity contribution >= 4 is 11.9 Å². The lowest BCUT2D eigenvalue weighted by atomic mass is 10.0. The molecule has 0 heterocycles. The van der Waals surface area contributed by atoms with Crippen LogP contribution in [0.2, 0.25) is 0 Å². The second-order valence-corrected chi connectivity index (χ2v) is 22.1. The number of ether oxygens (including phenoxy) is 1. The van der Waals surface area contributed by atoms with E-state index in [9.17, 15) is 19.8 Å². The number of esters is 1. The van der Waals surface area contributed by atoms with E-state index in [1.54, 1.807) is 6.08 Å². The third-order valence-corrected chi connectivity index (χ3v) is 14.9. The largest absolute Gasteiger partial charge is 0.466 e. The van der Waals surface area contributed by atoms with Gasteiger partial charge in [-0.1, -0.05) is 307 Å². The Labute approximate surface area is 449 Å². The molecule has 0 saturated carbocycles. The number of carbonyl (C=O) groups excluding carboxylic acids is 2. The van der Waals surface area contributed by atoms with E-state index in [4.69, 9.17) is 4.74 Å². The fourth-order valence-corrected chi connectivity index (χ4v) is 9.96. The summed E-state index contributed by atoms with van der Waals surface area (Å²) >= 11 is 0. The molecule has 0 aliphatic rings. The van der Waals surface area contributed by atoms with E-state index < -0.39 is 12.1 Å². The molecule has 0 aliphatic carbocycles. The van der Waals surface area contributed by atoms with Crippen molar-refractivity contribution in [2.75, 3.05) is 13.2 Å². The molecule has 2 atom stereocenters. The minimum atomic E-state index is -0.847. The zero-order chi connectivity index (χ0) is 52.2. The molecule has 72 heavy (non-hydrogen) atoms. The maximum absolute atomic E-state index is 12.5. The third-order valence-electron chi connectivity index (χ3n) is 14.9. The zero-order valence-electron chi connectivity index (χ0n) is 48.4. The number of amides is 1. The predicted molar refractivity (Wildman–Crippen MR) is 315 cm³/mol. The number of hydrogen-bond acceptors (Lipinski definition) is 5. The summed E-state index contributed by atoms with van der Waals surface area (Å²) in [5.74, 6) is -0.0584. The zero-order valence-corrected chi connectivity index (χ0v) is 48.4. The highest BCUT2D eigenvalue weighted by Crippen LogP contribution is 2.17. The predicted octanol–water partition coefficient (Wildman–Crippen LogP) is 20.4. The maximum Gasteiger partial charge on any atom is 0.305 e. The first-order valence-electron chi connectivity index (χ1n) is 32.3. The van der Waals surface area contributed by atoms with Crippen LogP contribution in [0, 0.1) is 0 Å². The van der Waals surface area contributed by atoms with E-state index in [1.165, 1.54) is 276 Å². The Balaban J connectivity index is 3.44. The highest BCUT2D eigenvalue weighted by molar-refractivity contribution is 5.76. The van der Waals surface area contributed by atoms with E-state index in [-0.39, 0.29) is 18.5 Å². The molecule has 0 aromatic heterocycles. The Hall–Kier alpha value is -1.92. The Bertz CT molecular complexity index is 1170. The average molecular weight is 1010 g/mol. The van der Waals surface area contributed by atoms with Gasteiger partial charge in [0.2, 0.25) is 5.91 Å². The Morgan fingerprint density at radius 3 is 1.06 bits per heavy atom. The molecule has 0 bridgehead atoms. The molecule has 0 aromatic carbocycles. The van der Waals surface area contributed by atoms with Gasteiger partial charge in [0, 0.05) is 12.8 Å². The van der Waals surface area contributed by atoms with Gasteiger partial charge < -0.3 is 20.3 Å². The van der Waals surface area contributed by atoms with Crippen LogP contribution >= 0.6 is 0 Å². The van der Waals surface area contributed by atoms with Gasteiger partial charge in [-0.05, 0) is 64.2 Å². The molecule has 0 aromatic rings. The number of aliphatic hydroxyl groups is 2. The van der Waals surface area contributed by atoms with Crippen LogP contribution < -0.4 is 5.32 Å². The normalized spacial score (nSPS) is 12.8. The van der Waals surface area contributed by atoms with Crippen molar-refractivity contribution in [2.45, 2.75) is 360 Å². The molecule has 2 unspecified atom stereocenters. The van der Waals surface area contributed by atoms with E-state index in [0.717, 1.165) is 44.9 Å². The van der Waals surface area contributed by atoms with Crippen molar-refractivity contribution in [3.05, 3.63) is 36.5 Å². The maximum atomic E-state index is 12.5. The van der Waals surface area contributed by atoms with Crippen LogP contribution in [0.4, 0.5) is 0 Å². The van der Waals surface area contributed by atoms with E-state index in [0.29, 0.717) is 19.4 Å². The van der Waals surface area contributed by atoms with Crippen LogP contribution in [-0.2, 0) is 14.3 Å². The molecule has 424 valence electrons. The number of hydrogen-bond donors (Lipinski definition) is 3. The molecule has 6 nitrogen and oxygen atoms in total. The summed E-state index contributed by atoms with van der Waals surface area (Å²) in [6, 6.07) is -0.630. The van der Waals surface area contributed by atoms with Crippen molar-refractivity contribution in [3.8, 4) is 0 Å². The minimum Gasteiger partial charge on any atom is -0.466 e. The van der Waals surface area contributed by atoms with E-state index >= 15 is 0 Å². The number of unbranched alkanes of at least 4 members (excludes halogenated alkanes) is 45. The summed E-state index contributed by atoms with van der Waals surface area (Å²) < 4.78 is 5.47. The molecule has 0 radical (unpaired) electrons. The van der Waals surface area contributed by atoms with Gasteiger partial charge in [-0.15, -0.1) is 0 Å². The fourth-order valence-electron chi connectivity index (χ4n) is 9.96. The summed E-state index contributed by atoms with van der Waals surface area (Å²) in [7, 11) is 0. The van der Waals surface area contributed by atoms with Gasteiger partial charge in [0.05, 0.1) is 25.4 Å². The van der Waals surface area contributed by atoms with Crippen LogP contribution in [0.1, 0.15) is 348 Å². The highest BCUT2D eigenvalue weighted by Gasteiger charge is 2.18.